The summed E-state index contributed by atoms with van der Waals surface area (Å²) in [6.07, 6.45) is 2.86. The van der Waals surface area contributed by atoms with Gasteiger partial charge in [0, 0.05) is 35.8 Å². The number of nitrogens with two attached hydrogens (primary N) is 2. The third-order valence-electron chi connectivity index (χ3n) is 4.72. The van der Waals surface area contributed by atoms with Crippen molar-refractivity contribution in [3.05, 3.63) is 76.0 Å². The Morgan fingerprint density at radius 2 is 1.80 bits per heavy atom. The lowest BCUT2D eigenvalue weighted by Gasteiger charge is -2.21. The second-order valence-electron chi connectivity index (χ2n) is 7.38. The molecule has 0 aliphatic heterocycles. The van der Waals surface area contributed by atoms with Gasteiger partial charge in [-0.2, -0.15) is 0 Å². The summed E-state index contributed by atoms with van der Waals surface area (Å²) in [6.45, 7) is 4.75. The predicted molar refractivity (Wildman–Crippen MR) is 122 cm³/mol. The highest BCUT2D eigenvalue weighted by atomic mass is 35.5. The normalized spacial score (nSPS) is 11.2. The SMILES string of the molecule is CC(C)Cn1c(CN)c(-c2ccc(F)cc2)c2cc(/C=C/C(N)=O)ccc2c1=O.Cl. The summed E-state index contributed by atoms with van der Waals surface area (Å²) in [4.78, 5) is 24.3. The van der Waals surface area contributed by atoms with Gasteiger partial charge in [0.1, 0.15) is 5.82 Å². The number of rotatable bonds is 6. The monoisotopic (exact) mass is 429 g/mol. The molecule has 3 aromatic rings. The number of carbonyl (C=O) groups is 1. The Morgan fingerprint density at radius 3 is 2.37 bits per heavy atom. The molecule has 4 N–H and O–H groups in total. The van der Waals surface area contributed by atoms with Crippen LogP contribution in [0.3, 0.4) is 0 Å². The molecule has 3 rings (SSSR count). The summed E-state index contributed by atoms with van der Waals surface area (Å²) in [5.41, 5.74) is 14.1. The summed E-state index contributed by atoms with van der Waals surface area (Å²) < 4.78 is 15.2. The zero-order valence-corrected chi connectivity index (χ0v) is 17.7. The number of fused-ring (bicyclic) bond motifs is 1. The van der Waals surface area contributed by atoms with E-state index in [4.69, 9.17) is 11.5 Å². The number of hydrogen-bond donors (Lipinski definition) is 2. The van der Waals surface area contributed by atoms with Gasteiger partial charge in [0.2, 0.25) is 5.91 Å². The van der Waals surface area contributed by atoms with Crippen LogP contribution in [0.5, 0.6) is 0 Å². The first-order valence-electron chi connectivity index (χ1n) is 9.44. The minimum absolute atomic E-state index is 0. The molecule has 1 amide bonds. The van der Waals surface area contributed by atoms with Crippen LogP contribution in [0.2, 0.25) is 0 Å². The molecule has 1 aromatic heterocycles. The van der Waals surface area contributed by atoms with Crippen LogP contribution in [0.15, 0.2) is 53.3 Å². The van der Waals surface area contributed by atoms with E-state index >= 15 is 0 Å². The Hall–Kier alpha value is -2.96. The van der Waals surface area contributed by atoms with Gasteiger partial charge < -0.3 is 16.0 Å². The van der Waals surface area contributed by atoms with Gasteiger partial charge in [0.15, 0.2) is 0 Å². The molecular weight excluding hydrogens is 405 g/mol. The van der Waals surface area contributed by atoms with Crippen molar-refractivity contribution in [1.29, 1.82) is 0 Å². The molecule has 0 aliphatic carbocycles. The minimum atomic E-state index is -0.557. The Kier molecular flexibility index (Phi) is 7.54. The van der Waals surface area contributed by atoms with Crippen molar-refractivity contribution in [2.45, 2.75) is 26.9 Å². The number of carbonyl (C=O) groups excluding carboxylic acids is 1. The van der Waals surface area contributed by atoms with E-state index in [0.717, 1.165) is 16.7 Å². The van der Waals surface area contributed by atoms with Gasteiger partial charge >= 0.3 is 0 Å². The van der Waals surface area contributed by atoms with Gasteiger partial charge in [-0.05, 0) is 52.8 Å². The molecule has 30 heavy (non-hydrogen) atoms. The topological polar surface area (TPSA) is 91.1 Å². The van der Waals surface area contributed by atoms with Gasteiger partial charge in [-0.1, -0.05) is 32.0 Å². The first-order valence-corrected chi connectivity index (χ1v) is 9.44. The van der Waals surface area contributed by atoms with Crippen molar-refractivity contribution in [1.82, 2.24) is 4.57 Å². The predicted octanol–water partition coefficient (Wildman–Crippen LogP) is 3.84. The molecule has 1 heterocycles. The van der Waals surface area contributed by atoms with Crippen LogP contribution in [0.1, 0.15) is 25.1 Å². The van der Waals surface area contributed by atoms with Crippen LogP contribution >= 0.6 is 12.4 Å². The number of pyridine rings is 1. The highest BCUT2D eigenvalue weighted by Gasteiger charge is 2.18. The van der Waals surface area contributed by atoms with E-state index in [-0.39, 0.29) is 36.2 Å². The van der Waals surface area contributed by atoms with Gasteiger partial charge in [0.25, 0.3) is 5.56 Å². The lowest BCUT2D eigenvalue weighted by molar-refractivity contribution is -0.113. The van der Waals surface area contributed by atoms with E-state index in [1.54, 1.807) is 34.9 Å². The van der Waals surface area contributed by atoms with E-state index in [9.17, 15) is 14.0 Å². The Balaban J connectivity index is 0.00000320. The summed E-state index contributed by atoms with van der Waals surface area (Å²) in [5.74, 6) is -0.652. The molecular formula is C23H25ClFN3O2. The molecule has 0 saturated carbocycles. The summed E-state index contributed by atoms with van der Waals surface area (Å²) >= 11 is 0. The standard InChI is InChI=1S/C23H24FN3O2.ClH/c1-14(2)13-27-20(12-25)22(16-5-7-17(24)8-6-16)19-11-15(4-10-21(26)28)3-9-18(19)23(27)29;/h3-11,14H,12-13,25H2,1-2H3,(H2,26,28);1H/b10-4+;. The summed E-state index contributed by atoms with van der Waals surface area (Å²) in [5, 5.41) is 1.24. The van der Waals surface area contributed by atoms with Crippen LogP contribution in [-0.4, -0.2) is 10.5 Å². The van der Waals surface area contributed by atoms with E-state index < -0.39 is 5.91 Å². The number of benzene rings is 2. The largest absolute Gasteiger partial charge is 0.366 e. The van der Waals surface area contributed by atoms with Gasteiger partial charge in [-0.3, -0.25) is 9.59 Å². The second-order valence-corrected chi connectivity index (χ2v) is 7.38. The molecule has 158 valence electrons. The lowest BCUT2D eigenvalue weighted by atomic mass is 9.94. The summed E-state index contributed by atoms with van der Waals surface area (Å²) in [6, 6.07) is 11.5. The fraction of sp³-hybridized carbons (Fsp3) is 0.217. The molecule has 0 spiro atoms. The fourth-order valence-corrected chi connectivity index (χ4v) is 3.50. The first-order chi connectivity index (χ1) is 13.8. The van der Waals surface area contributed by atoms with E-state index in [1.807, 2.05) is 19.9 Å². The molecule has 0 radical (unpaired) electrons. The Morgan fingerprint density at radius 1 is 1.13 bits per heavy atom. The van der Waals surface area contributed by atoms with Crippen LogP contribution in [0, 0.1) is 11.7 Å². The average molecular weight is 430 g/mol. The molecule has 0 atom stereocenters. The van der Waals surface area contributed by atoms with Crippen LogP contribution in [0.25, 0.3) is 28.0 Å². The third kappa shape index (κ3) is 4.78. The Labute approximate surface area is 180 Å². The fourth-order valence-electron chi connectivity index (χ4n) is 3.50. The average Bonchev–Trinajstić information content (AvgIpc) is 2.68. The molecule has 0 unspecified atom stereocenters. The first kappa shape index (κ1) is 23.3. The van der Waals surface area contributed by atoms with Gasteiger partial charge in [0.05, 0.1) is 0 Å². The van der Waals surface area contributed by atoms with Crippen molar-refractivity contribution in [2.24, 2.45) is 17.4 Å². The molecule has 0 fully saturated rings. The second kappa shape index (κ2) is 9.69. The van der Waals surface area contributed by atoms with Crippen molar-refractivity contribution in [2.75, 3.05) is 0 Å². The number of halogens is 2. The van der Waals surface area contributed by atoms with Gasteiger partial charge in [-0.25, -0.2) is 4.39 Å². The number of amides is 1. The quantitative estimate of drug-likeness (QED) is 0.583. The zero-order chi connectivity index (χ0) is 21.1. The number of hydrogen-bond acceptors (Lipinski definition) is 3. The number of primary amides is 1. The van der Waals surface area contributed by atoms with Gasteiger partial charge in [-0.15, -0.1) is 12.4 Å². The van der Waals surface area contributed by atoms with Crippen molar-refractivity contribution >= 4 is 35.2 Å². The molecule has 2 aromatic carbocycles. The molecule has 0 bridgehead atoms. The van der Waals surface area contributed by atoms with Crippen molar-refractivity contribution in [3.63, 3.8) is 0 Å². The zero-order valence-electron chi connectivity index (χ0n) is 16.9. The number of nitrogens with zero attached hydrogens (tertiary/aromatic N) is 1. The van der Waals surface area contributed by atoms with Crippen molar-refractivity contribution in [3.8, 4) is 11.1 Å². The highest BCUT2D eigenvalue weighted by Crippen LogP contribution is 2.32. The maximum absolute atomic E-state index is 13.5. The highest BCUT2D eigenvalue weighted by molar-refractivity contribution is 5.99. The lowest BCUT2D eigenvalue weighted by Crippen LogP contribution is -2.28. The van der Waals surface area contributed by atoms with Crippen molar-refractivity contribution < 1.29 is 9.18 Å². The van der Waals surface area contributed by atoms with Crippen LogP contribution in [0.4, 0.5) is 4.39 Å². The molecule has 0 saturated heterocycles. The maximum atomic E-state index is 13.5. The molecule has 0 aliphatic rings. The third-order valence-corrected chi connectivity index (χ3v) is 4.72. The van der Waals surface area contributed by atoms with Crippen LogP contribution in [-0.2, 0) is 17.9 Å². The smallest absolute Gasteiger partial charge is 0.258 e. The van der Waals surface area contributed by atoms with E-state index in [0.29, 0.717) is 23.0 Å². The number of aromatic nitrogens is 1. The Bertz CT molecular complexity index is 1150. The summed E-state index contributed by atoms with van der Waals surface area (Å²) in [7, 11) is 0. The van der Waals surface area contributed by atoms with Crippen LogP contribution < -0.4 is 17.0 Å². The minimum Gasteiger partial charge on any atom is -0.366 e. The maximum Gasteiger partial charge on any atom is 0.258 e. The van der Waals surface area contributed by atoms with E-state index in [1.165, 1.54) is 18.2 Å². The molecule has 5 nitrogen and oxygen atoms in total. The van der Waals surface area contributed by atoms with E-state index in [2.05, 4.69) is 0 Å². The molecule has 7 heteroatoms.